The fraction of sp³-hybridized carbons (Fsp3) is 0.143. The summed E-state index contributed by atoms with van der Waals surface area (Å²) < 4.78 is 6.09. The number of rotatable bonds is 5. The van der Waals surface area contributed by atoms with Crippen LogP contribution in [0.15, 0.2) is 72.8 Å². The SMILES string of the molecule is Cc1cccc(N(c2cccc(Oc3c(C)ccc(C)c3O)c2)c2cccc(C)c2O)c1O. The first-order valence-corrected chi connectivity index (χ1v) is 10.7. The molecule has 5 heteroatoms. The van der Waals surface area contributed by atoms with E-state index in [1.807, 2.05) is 82.3 Å². The van der Waals surface area contributed by atoms with E-state index in [9.17, 15) is 15.3 Å². The Balaban J connectivity index is 1.87. The summed E-state index contributed by atoms with van der Waals surface area (Å²) in [4.78, 5) is 1.79. The second kappa shape index (κ2) is 8.79. The lowest BCUT2D eigenvalue weighted by Crippen LogP contribution is -2.11. The highest BCUT2D eigenvalue weighted by Gasteiger charge is 2.21. The van der Waals surface area contributed by atoms with E-state index < -0.39 is 0 Å². The summed E-state index contributed by atoms with van der Waals surface area (Å²) in [5.74, 6) is 1.26. The lowest BCUT2D eigenvalue weighted by Gasteiger charge is -2.28. The van der Waals surface area contributed by atoms with Crippen LogP contribution in [0, 0.1) is 27.7 Å². The molecule has 0 unspecified atom stereocenters. The maximum atomic E-state index is 10.9. The zero-order chi connectivity index (χ0) is 23.7. The standard InChI is InChI=1S/C28H27NO4/c1-17-8-5-12-23(25(17)30)29(24-13-6-9-18(2)26(24)31)21-10-7-11-22(16-21)33-28-20(4)15-14-19(3)27(28)32/h5-16,30-32H,1-4H3. The molecule has 0 aliphatic carbocycles. The van der Waals surface area contributed by atoms with Crippen molar-refractivity contribution in [3.8, 4) is 28.7 Å². The summed E-state index contributed by atoms with van der Waals surface area (Å²) in [6.45, 7) is 7.35. The summed E-state index contributed by atoms with van der Waals surface area (Å²) in [6.07, 6.45) is 0. The van der Waals surface area contributed by atoms with Crippen molar-refractivity contribution in [1.82, 2.24) is 0 Å². The first kappa shape index (κ1) is 22.1. The minimum absolute atomic E-state index is 0.102. The Hall–Kier alpha value is -4.12. The second-order valence-corrected chi connectivity index (χ2v) is 8.20. The highest BCUT2D eigenvalue weighted by atomic mass is 16.5. The number of phenols is 3. The number of aryl methyl sites for hydroxylation is 4. The van der Waals surface area contributed by atoms with E-state index in [1.54, 1.807) is 23.1 Å². The van der Waals surface area contributed by atoms with E-state index in [1.165, 1.54) is 0 Å². The molecule has 168 valence electrons. The molecule has 5 nitrogen and oxygen atoms in total. The third-order valence-corrected chi connectivity index (χ3v) is 5.74. The monoisotopic (exact) mass is 441 g/mol. The van der Waals surface area contributed by atoms with Crippen molar-refractivity contribution in [2.45, 2.75) is 27.7 Å². The van der Waals surface area contributed by atoms with Gasteiger partial charge in [0, 0.05) is 6.07 Å². The molecule has 0 heterocycles. The maximum absolute atomic E-state index is 10.9. The summed E-state index contributed by atoms with van der Waals surface area (Å²) in [5.41, 5.74) is 4.72. The molecule has 3 N–H and O–H groups in total. The molecule has 0 bridgehead atoms. The smallest absolute Gasteiger partial charge is 0.172 e. The molecular weight excluding hydrogens is 414 g/mol. The number of nitrogens with zero attached hydrogens (tertiary/aromatic N) is 1. The van der Waals surface area contributed by atoms with Crippen LogP contribution in [-0.4, -0.2) is 15.3 Å². The van der Waals surface area contributed by atoms with E-state index >= 15 is 0 Å². The van der Waals surface area contributed by atoms with Gasteiger partial charge in [-0.1, -0.05) is 42.5 Å². The van der Waals surface area contributed by atoms with Crippen LogP contribution in [0.4, 0.5) is 17.1 Å². The quantitative estimate of drug-likeness (QED) is 0.303. The third kappa shape index (κ3) is 4.17. The van der Waals surface area contributed by atoms with E-state index in [4.69, 9.17) is 4.74 Å². The first-order chi connectivity index (χ1) is 15.8. The Morgan fingerprint density at radius 1 is 0.576 bits per heavy atom. The summed E-state index contributed by atoms with van der Waals surface area (Å²) >= 11 is 0. The molecule has 0 aromatic heterocycles. The van der Waals surface area contributed by atoms with Crippen LogP contribution >= 0.6 is 0 Å². The van der Waals surface area contributed by atoms with Crippen molar-refractivity contribution in [1.29, 1.82) is 0 Å². The number of phenolic OH excluding ortho intramolecular Hbond substituents is 3. The van der Waals surface area contributed by atoms with E-state index in [0.29, 0.717) is 28.6 Å². The van der Waals surface area contributed by atoms with Crippen molar-refractivity contribution >= 4 is 17.1 Å². The molecular formula is C28H27NO4. The topological polar surface area (TPSA) is 73.2 Å². The molecule has 0 amide bonds. The molecule has 0 aliphatic rings. The predicted octanol–water partition coefficient (Wildman–Crippen LogP) is 7.30. The normalized spacial score (nSPS) is 10.8. The second-order valence-electron chi connectivity index (χ2n) is 8.20. The average molecular weight is 442 g/mol. The number of benzene rings is 4. The van der Waals surface area contributed by atoms with Gasteiger partial charge in [-0.2, -0.15) is 0 Å². The molecule has 0 spiro atoms. The molecule has 4 aromatic carbocycles. The Bertz CT molecular complexity index is 1280. The van der Waals surface area contributed by atoms with Gasteiger partial charge in [0.25, 0.3) is 0 Å². The molecule has 4 aromatic rings. The van der Waals surface area contributed by atoms with Crippen LogP contribution in [0.1, 0.15) is 22.3 Å². The van der Waals surface area contributed by atoms with Crippen molar-refractivity contribution in [2.24, 2.45) is 0 Å². The lowest BCUT2D eigenvalue weighted by molar-refractivity contribution is 0.406. The average Bonchev–Trinajstić information content (AvgIpc) is 2.80. The Morgan fingerprint density at radius 3 is 1.70 bits per heavy atom. The molecule has 0 atom stereocenters. The molecule has 33 heavy (non-hydrogen) atoms. The lowest BCUT2D eigenvalue weighted by atomic mass is 10.1. The van der Waals surface area contributed by atoms with E-state index in [-0.39, 0.29) is 17.2 Å². The van der Waals surface area contributed by atoms with Crippen molar-refractivity contribution < 1.29 is 20.1 Å². The number of hydrogen-bond acceptors (Lipinski definition) is 5. The highest BCUT2D eigenvalue weighted by molar-refractivity contribution is 5.84. The van der Waals surface area contributed by atoms with Gasteiger partial charge in [-0.3, -0.25) is 0 Å². The molecule has 0 saturated heterocycles. The minimum Gasteiger partial charge on any atom is -0.505 e. The van der Waals surface area contributed by atoms with Gasteiger partial charge in [-0.25, -0.2) is 0 Å². The van der Waals surface area contributed by atoms with Gasteiger partial charge in [0.1, 0.15) is 17.2 Å². The van der Waals surface area contributed by atoms with E-state index in [0.717, 1.165) is 22.3 Å². The van der Waals surface area contributed by atoms with Crippen molar-refractivity contribution in [3.63, 3.8) is 0 Å². The maximum Gasteiger partial charge on any atom is 0.172 e. The summed E-state index contributed by atoms with van der Waals surface area (Å²) in [7, 11) is 0. The number of para-hydroxylation sites is 2. The number of anilines is 3. The largest absolute Gasteiger partial charge is 0.505 e. The highest BCUT2D eigenvalue weighted by Crippen LogP contribution is 2.46. The molecule has 4 rings (SSSR count). The molecule has 0 aliphatic heterocycles. The number of aromatic hydroxyl groups is 3. The van der Waals surface area contributed by atoms with Crippen LogP contribution in [0.5, 0.6) is 28.7 Å². The van der Waals surface area contributed by atoms with Crippen LogP contribution in [0.2, 0.25) is 0 Å². The zero-order valence-electron chi connectivity index (χ0n) is 19.1. The van der Waals surface area contributed by atoms with Gasteiger partial charge < -0.3 is 25.0 Å². The Kier molecular flexibility index (Phi) is 5.88. The predicted molar refractivity (Wildman–Crippen MR) is 132 cm³/mol. The van der Waals surface area contributed by atoms with Crippen LogP contribution in [0.3, 0.4) is 0 Å². The first-order valence-electron chi connectivity index (χ1n) is 10.7. The fourth-order valence-corrected chi connectivity index (χ4v) is 3.76. The van der Waals surface area contributed by atoms with Crippen molar-refractivity contribution in [3.05, 3.63) is 95.1 Å². The fourth-order valence-electron chi connectivity index (χ4n) is 3.76. The number of ether oxygens (including phenoxy) is 1. The Labute approximate surface area is 193 Å². The van der Waals surface area contributed by atoms with Crippen molar-refractivity contribution in [2.75, 3.05) is 4.90 Å². The van der Waals surface area contributed by atoms with Gasteiger partial charge in [0.15, 0.2) is 11.5 Å². The van der Waals surface area contributed by atoms with Gasteiger partial charge >= 0.3 is 0 Å². The third-order valence-electron chi connectivity index (χ3n) is 5.74. The van der Waals surface area contributed by atoms with Gasteiger partial charge in [-0.05, 0) is 74.2 Å². The van der Waals surface area contributed by atoms with Gasteiger partial charge in [0.2, 0.25) is 0 Å². The molecule has 0 fully saturated rings. The van der Waals surface area contributed by atoms with Crippen LogP contribution < -0.4 is 9.64 Å². The minimum atomic E-state index is 0.102. The van der Waals surface area contributed by atoms with Gasteiger partial charge in [0.05, 0.1) is 17.1 Å². The summed E-state index contributed by atoms with van der Waals surface area (Å²) in [6, 6.07) is 22.0. The summed E-state index contributed by atoms with van der Waals surface area (Å²) in [5, 5.41) is 32.2. The molecule has 0 saturated carbocycles. The van der Waals surface area contributed by atoms with Crippen LogP contribution in [-0.2, 0) is 0 Å². The van der Waals surface area contributed by atoms with Gasteiger partial charge in [-0.15, -0.1) is 0 Å². The number of hydrogen-bond donors (Lipinski definition) is 3. The Morgan fingerprint density at radius 2 is 1.09 bits per heavy atom. The zero-order valence-corrected chi connectivity index (χ0v) is 19.1. The van der Waals surface area contributed by atoms with Crippen LogP contribution in [0.25, 0.3) is 0 Å². The van der Waals surface area contributed by atoms with E-state index in [2.05, 4.69) is 0 Å². The molecule has 0 radical (unpaired) electrons.